The first-order valence-corrected chi connectivity index (χ1v) is 8.16. The predicted octanol–water partition coefficient (Wildman–Crippen LogP) is 3.34. The highest BCUT2D eigenvalue weighted by Crippen LogP contribution is 2.08. The summed E-state index contributed by atoms with van der Waals surface area (Å²) in [5, 5.41) is 2.69. The maximum atomic E-state index is 12.5. The van der Waals surface area contributed by atoms with Gasteiger partial charge in [0.05, 0.1) is 0 Å². The van der Waals surface area contributed by atoms with Crippen molar-refractivity contribution < 1.29 is 9.59 Å². The quantitative estimate of drug-likeness (QED) is 0.824. The first kappa shape index (κ1) is 18.2. The van der Waals surface area contributed by atoms with E-state index >= 15 is 0 Å². The van der Waals surface area contributed by atoms with Crippen LogP contribution in [0.5, 0.6) is 0 Å². The molecule has 0 heterocycles. The Labute approximate surface area is 148 Å². The van der Waals surface area contributed by atoms with Crippen molar-refractivity contribution >= 4 is 24.0 Å². The van der Waals surface area contributed by atoms with Crippen LogP contribution in [0.3, 0.4) is 0 Å². The van der Waals surface area contributed by atoms with Crippen molar-refractivity contribution in [3.63, 3.8) is 0 Å². The highest BCUT2D eigenvalue weighted by Gasteiger charge is 2.15. The summed E-state index contributed by atoms with van der Waals surface area (Å²) in [6.45, 7) is 2.44. The highest BCUT2D eigenvalue weighted by molar-refractivity contribution is 6.04. The number of nitrogens with zero attached hydrogens (tertiary/aromatic N) is 1. The van der Waals surface area contributed by atoms with Gasteiger partial charge in [0, 0.05) is 19.7 Å². The standard InChI is InChI=1S/C21H22N2O2/c1-3-23(2)21(25)19(16-18-12-8-5-9-13-18)22-20(24)15-14-17-10-6-4-7-11-17/h4-16H,3H2,1-2H3,(H,22,24)/b15-14+,19-16-. The average Bonchev–Trinajstić information content (AvgIpc) is 2.66. The van der Waals surface area contributed by atoms with Gasteiger partial charge in [-0.25, -0.2) is 0 Å². The molecule has 128 valence electrons. The zero-order valence-corrected chi connectivity index (χ0v) is 14.5. The summed E-state index contributed by atoms with van der Waals surface area (Å²) in [6, 6.07) is 19.0. The molecule has 0 radical (unpaired) electrons. The molecule has 0 saturated carbocycles. The maximum absolute atomic E-state index is 12.5. The van der Waals surface area contributed by atoms with Crippen LogP contribution in [0.1, 0.15) is 18.1 Å². The van der Waals surface area contributed by atoms with E-state index in [1.807, 2.05) is 67.6 Å². The van der Waals surface area contributed by atoms with Crippen LogP contribution in [0, 0.1) is 0 Å². The van der Waals surface area contributed by atoms with Gasteiger partial charge in [0.1, 0.15) is 5.70 Å². The van der Waals surface area contributed by atoms with Crippen molar-refractivity contribution in [3.05, 3.63) is 83.6 Å². The minimum Gasteiger partial charge on any atom is -0.341 e. The van der Waals surface area contributed by atoms with Gasteiger partial charge in [-0.15, -0.1) is 0 Å². The Bertz CT molecular complexity index is 765. The van der Waals surface area contributed by atoms with E-state index < -0.39 is 0 Å². The molecule has 2 rings (SSSR count). The molecule has 0 atom stereocenters. The van der Waals surface area contributed by atoms with Crippen molar-refractivity contribution in [1.82, 2.24) is 10.2 Å². The normalized spacial score (nSPS) is 11.4. The number of amides is 2. The molecule has 1 N–H and O–H groups in total. The summed E-state index contributed by atoms with van der Waals surface area (Å²) < 4.78 is 0. The molecule has 2 amide bonds. The summed E-state index contributed by atoms with van der Waals surface area (Å²) >= 11 is 0. The van der Waals surface area contributed by atoms with E-state index in [0.29, 0.717) is 6.54 Å². The molecule has 0 spiro atoms. The molecule has 0 fully saturated rings. The van der Waals surface area contributed by atoms with Gasteiger partial charge < -0.3 is 10.2 Å². The van der Waals surface area contributed by atoms with E-state index in [1.54, 1.807) is 24.1 Å². The molecule has 25 heavy (non-hydrogen) atoms. The van der Waals surface area contributed by atoms with Gasteiger partial charge in [0.2, 0.25) is 5.91 Å². The number of rotatable bonds is 6. The van der Waals surface area contributed by atoms with Crippen LogP contribution in [0.4, 0.5) is 0 Å². The van der Waals surface area contributed by atoms with Gasteiger partial charge in [-0.3, -0.25) is 9.59 Å². The summed E-state index contributed by atoms with van der Waals surface area (Å²) in [5.41, 5.74) is 2.02. The van der Waals surface area contributed by atoms with E-state index in [9.17, 15) is 9.59 Å². The Hall–Kier alpha value is -3.14. The Morgan fingerprint density at radius 1 is 0.960 bits per heavy atom. The molecular weight excluding hydrogens is 312 g/mol. The molecule has 0 saturated heterocycles. The van der Waals surface area contributed by atoms with Crippen molar-refractivity contribution in [2.24, 2.45) is 0 Å². The Balaban J connectivity index is 2.18. The van der Waals surface area contributed by atoms with Crippen LogP contribution in [0.25, 0.3) is 12.2 Å². The molecule has 2 aromatic carbocycles. The lowest BCUT2D eigenvalue weighted by Gasteiger charge is -2.17. The number of carbonyl (C=O) groups is 2. The van der Waals surface area contributed by atoms with Gasteiger partial charge >= 0.3 is 0 Å². The lowest BCUT2D eigenvalue weighted by atomic mass is 10.1. The Kier molecular flexibility index (Phi) is 6.72. The Morgan fingerprint density at radius 3 is 2.08 bits per heavy atom. The van der Waals surface area contributed by atoms with E-state index in [0.717, 1.165) is 11.1 Å². The van der Waals surface area contributed by atoms with Gasteiger partial charge in [0.25, 0.3) is 5.91 Å². The number of carbonyl (C=O) groups excluding carboxylic acids is 2. The summed E-state index contributed by atoms with van der Waals surface area (Å²) in [7, 11) is 1.70. The third-order valence-electron chi connectivity index (χ3n) is 3.65. The highest BCUT2D eigenvalue weighted by atomic mass is 16.2. The van der Waals surface area contributed by atoms with Crippen molar-refractivity contribution in [1.29, 1.82) is 0 Å². The van der Waals surface area contributed by atoms with Crippen molar-refractivity contribution in [3.8, 4) is 0 Å². The average molecular weight is 334 g/mol. The van der Waals surface area contributed by atoms with Crippen LogP contribution in [-0.2, 0) is 9.59 Å². The molecule has 0 unspecified atom stereocenters. The fourth-order valence-electron chi connectivity index (χ4n) is 2.13. The number of hydrogen-bond acceptors (Lipinski definition) is 2. The van der Waals surface area contributed by atoms with Crippen LogP contribution in [0.2, 0.25) is 0 Å². The molecule has 0 aliphatic carbocycles. The summed E-state index contributed by atoms with van der Waals surface area (Å²) in [5.74, 6) is -0.572. The largest absolute Gasteiger partial charge is 0.341 e. The molecule has 4 nitrogen and oxygen atoms in total. The maximum Gasteiger partial charge on any atom is 0.270 e. The molecule has 0 aromatic heterocycles. The van der Waals surface area contributed by atoms with Gasteiger partial charge in [-0.05, 0) is 30.2 Å². The van der Waals surface area contributed by atoms with Crippen LogP contribution < -0.4 is 5.32 Å². The van der Waals surface area contributed by atoms with E-state index in [4.69, 9.17) is 0 Å². The zero-order valence-electron chi connectivity index (χ0n) is 14.5. The number of hydrogen-bond donors (Lipinski definition) is 1. The van der Waals surface area contributed by atoms with Crippen LogP contribution >= 0.6 is 0 Å². The summed E-state index contributed by atoms with van der Waals surface area (Å²) in [4.78, 5) is 26.3. The monoisotopic (exact) mass is 334 g/mol. The third-order valence-corrected chi connectivity index (χ3v) is 3.65. The van der Waals surface area contributed by atoms with Crippen molar-refractivity contribution in [2.75, 3.05) is 13.6 Å². The van der Waals surface area contributed by atoms with Gasteiger partial charge in [-0.2, -0.15) is 0 Å². The van der Waals surface area contributed by atoms with E-state index in [2.05, 4.69) is 5.32 Å². The van der Waals surface area contributed by atoms with E-state index in [1.165, 1.54) is 6.08 Å². The summed E-state index contributed by atoms with van der Waals surface area (Å²) in [6.07, 6.45) is 4.82. The first-order valence-electron chi connectivity index (χ1n) is 8.16. The molecule has 2 aromatic rings. The fraction of sp³-hybridized carbons (Fsp3) is 0.143. The molecular formula is C21H22N2O2. The smallest absolute Gasteiger partial charge is 0.270 e. The molecule has 4 heteroatoms. The lowest BCUT2D eigenvalue weighted by molar-refractivity contribution is -0.127. The fourth-order valence-corrected chi connectivity index (χ4v) is 2.13. The predicted molar refractivity (Wildman–Crippen MR) is 101 cm³/mol. The molecule has 0 bridgehead atoms. The van der Waals surface area contributed by atoms with Crippen molar-refractivity contribution in [2.45, 2.75) is 6.92 Å². The number of likely N-dealkylation sites (N-methyl/N-ethyl adjacent to an activating group) is 1. The number of nitrogens with one attached hydrogen (secondary N) is 1. The second-order valence-electron chi connectivity index (χ2n) is 5.52. The van der Waals surface area contributed by atoms with E-state index in [-0.39, 0.29) is 17.5 Å². The van der Waals surface area contributed by atoms with Gasteiger partial charge in [-0.1, -0.05) is 60.7 Å². The SMILES string of the molecule is CCN(C)C(=O)/C(=C/c1ccccc1)NC(=O)/C=C/c1ccccc1. The zero-order chi connectivity index (χ0) is 18.1. The minimum atomic E-state index is -0.344. The second kappa shape index (κ2) is 9.23. The Morgan fingerprint density at radius 2 is 1.52 bits per heavy atom. The minimum absolute atomic E-state index is 0.229. The van der Waals surface area contributed by atoms with Crippen LogP contribution in [0.15, 0.2) is 72.4 Å². The van der Waals surface area contributed by atoms with Crippen LogP contribution in [-0.4, -0.2) is 30.3 Å². The second-order valence-corrected chi connectivity index (χ2v) is 5.52. The molecule has 0 aliphatic rings. The number of benzene rings is 2. The van der Waals surface area contributed by atoms with Gasteiger partial charge in [0.15, 0.2) is 0 Å². The molecule has 0 aliphatic heterocycles. The topological polar surface area (TPSA) is 49.4 Å². The third kappa shape index (κ3) is 5.77. The lowest BCUT2D eigenvalue weighted by Crippen LogP contribution is -2.35. The first-order chi connectivity index (χ1) is 12.1.